The van der Waals surface area contributed by atoms with Gasteiger partial charge in [-0.05, 0) is 50.1 Å². The first-order valence-corrected chi connectivity index (χ1v) is 8.72. The second-order valence-electron chi connectivity index (χ2n) is 6.74. The van der Waals surface area contributed by atoms with Crippen molar-refractivity contribution >= 4 is 11.7 Å². The van der Waals surface area contributed by atoms with Crippen molar-refractivity contribution in [1.29, 1.82) is 0 Å². The zero-order valence-corrected chi connectivity index (χ0v) is 15.0. The summed E-state index contributed by atoms with van der Waals surface area (Å²) < 4.78 is 5.70. The van der Waals surface area contributed by atoms with Gasteiger partial charge in [0.1, 0.15) is 0 Å². The van der Waals surface area contributed by atoms with Crippen molar-refractivity contribution in [1.82, 2.24) is 9.88 Å². The Bertz CT molecular complexity index is 723. The first kappa shape index (κ1) is 17.4. The van der Waals surface area contributed by atoms with Gasteiger partial charge < -0.3 is 15.0 Å². The Morgan fingerprint density at radius 2 is 2.00 bits per heavy atom. The Labute approximate surface area is 149 Å². The number of hydrogen-bond donors (Lipinski definition) is 1. The van der Waals surface area contributed by atoms with Gasteiger partial charge in [0.05, 0.1) is 12.2 Å². The van der Waals surface area contributed by atoms with E-state index in [9.17, 15) is 4.79 Å². The van der Waals surface area contributed by atoms with Gasteiger partial charge in [-0.3, -0.25) is 4.98 Å². The highest BCUT2D eigenvalue weighted by atomic mass is 16.5. The predicted molar refractivity (Wildman–Crippen MR) is 98.8 cm³/mol. The van der Waals surface area contributed by atoms with Crippen molar-refractivity contribution in [2.45, 2.75) is 39.4 Å². The fourth-order valence-corrected chi connectivity index (χ4v) is 3.16. The molecule has 1 N–H and O–H groups in total. The molecular weight excluding hydrogens is 314 g/mol. The van der Waals surface area contributed by atoms with Crippen molar-refractivity contribution < 1.29 is 9.53 Å². The SMILES string of the molecule is Cc1ccc(Cc2ccccn2)cc1NC(=O)N1C[C@@H](C)O[C@@H](C)C1. The molecule has 1 fully saturated rings. The molecule has 0 unspecified atom stereocenters. The van der Waals surface area contributed by atoms with Crippen LogP contribution in [0.3, 0.4) is 0 Å². The Morgan fingerprint density at radius 1 is 1.24 bits per heavy atom. The van der Waals surface area contributed by atoms with Gasteiger partial charge >= 0.3 is 6.03 Å². The quantitative estimate of drug-likeness (QED) is 0.929. The van der Waals surface area contributed by atoms with E-state index in [-0.39, 0.29) is 18.2 Å². The molecule has 2 aromatic rings. The summed E-state index contributed by atoms with van der Waals surface area (Å²) in [6.45, 7) is 7.22. The van der Waals surface area contributed by atoms with Gasteiger partial charge in [0.15, 0.2) is 0 Å². The average Bonchev–Trinajstić information content (AvgIpc) is 2.58. The third-order valence-corrected chi connectivity index (χ3v) is 4.36. The maximum absolute atomic E-state index is 12.6. The number of anilines is 1. The van der Waals surface area contributed by atoms with Crippen LogP contribution >= 0.6 is 0 Å². The van der Waals surface area contributed by atoms with E-state index in [1.807, 2.05) is 56.0 Å². The molecule has 2 atom stereocenters. The van der Waals surface area contributed by atoms with E-state index in [0.29, 0.717) is 13.1 Å². The first-order valence-electron chi connectivity index (χ1n) is 8.72. The molecule has 25 heavy (non-hydrogen) atoms. The van der Waals surface area contributed by atoms with Crippen molar-refractivity contribution in [2.75, 3.05) is 18.4 Å². The van der Waals surface area contributed by atoms with Gasteiger partial charge in [-0.15, -0.1) is 0 Å². The summed E-state index contributed by atoms with van der Waals surface area (Å²) in [5, 5.41) is 3.06. The molecule has 1 aromatic carbocycles. The summed E-state index contributed by atoms with van der Waals surface area (Å²) in [6.07, 6.45) is 2.67. The molecule has 5 heteroatoms. The summed E-state index contributed by atoms with van der Waals surface area (Å²) in [5.74, 6) is 0. The summed E-state index contributed by atoms with van der Waals surface area (Å²) in [5.41, 5.74) is 4.04. The second kappa shape index (κ2) is 7.66. The van der Waals surface area contributed by atoms with E-state index in [1.165, 1.54) is 0 Å². The number of nitrogens with one attached hydrogen (secondary N) is 1. The van der Waals surface area contributed by atoms with Crippen LogP contribution in [0.2, 0.25) is 0 Å². The van der Waals surface area contributed by atoms with Crippen LogP contribution in [0.5, 0.6) is 0 Å². The molecule has 2 amide bonds. The van der Waals surface area contributed by atoms with Gasteiger partial charge in [-0.2, -0.15) is 0 Å². The standard InChI is InChI=1S/C20H25N3O2/c1-14-7-8-17(10-18-6-4-5-9-21-18)11-19(14)22-20(24)23-12-15(2)25-16(3)13-23/h4-9,11,15-16H,10,12-13H2,1-3H3,(H,22,24)/t15-,16+. The molecule has 0 saturated carbocycles. The number of hydrogen-bond acceptors (Lipinski definition) is 3. The maximum atomic E-state index is 12.6. The lowest BCUT2D eigenvalue weighted by Gasteiger charge is -2.35. The number of nitrogens with zero attached hydrogens (tertiary/aromatic N) is 2. The fourth-order valence-electron chi connectivity index (χ4n) is 3.16. The van der Waals surface area contributed by atoms with Crippen molar-refractivity contribution in [3.8, 4) is 0 Å². The zero-order valence-electron chi connectivity index (χ0n) is 15.0. The van der Waals surface area contributed by atoms with Gasteiger partial charge in [0.2, 0.25) is 0 Å². The topological polar surface area (TPSA) is 54.5 Å². The highest BCUT2D eigenvalue weighted by molar-refractivity contribution is 5.90. The fraction of sp³-hybridized carbons (Fsp3) is 0.400. The van der Waals surface area contributed by atoms with E-state index < -0.39 is 0 Å². The van der Waals surface area contributed by atoms with Crippen LogP contribution in [0.15, 0.2) is 42.6 Å². The van der Waals surface area contributed by atoms with E-state index in [2.05, 4.69) is 16.4 Å². The number of rotatable bonds is 3. The molecule has 0 spiro atoms. The Hall–Kier alpha value is -2.40. The zero-order chi connectivity index (χ0) is 17.8. The highest BCUT2D eigenvalue weighted by Gasteiger charge is 2.26. The smallest absolute Gasteiger partial charge is 0.322 e. The lowest BCUT2D eigenvalue weighted by molar-refractivity contribution is -0.0530. The number of benzene rings is 1. The number of morpholine rings is 1. The third-order valence-electron chi connectivity index (χ3n) is 4.36. The third kappa shape index (κ3) is 4.57. The van der Waals surface area contributed by atoms with E-state index in [0.717, 1.165) is 28.9 Å². The number of pyridine rings is 1. The molecule has 1 aliphatic rings. The van der Waals surface area contributed by atoms with Crippen LogP contribution in [0.4, 0.5) is 10.5 Å². The maximum Gasteiger partial charge on any atom is 0.322 e. The average molecular weight is 339 g/mol. The van der Waals surface area contributed by atoms with Crippen molar-refractivity contribution in [2.24, 2.45) is 0 Å². The number of carbonyl (C=O) groups excluding carboxylic acids is 1. The van der Waals surface area contributed by atoms with Gasteiger partial charge in [-0.1, -0.05) is 18.2 Å². The Kier molecular flexibility index (Phi) is 5.34. The first-order chi connectivity index (χ1) is 12.0. The van der Waals surface area contributed by atoms with Gasteiger partial charge in [-0.25, -0.2) is 4.79 Å². The summed E-state index contributed by atoms with van der Waals surface area (Å²) in [4.78, 5) is 18.8. The Balaban J connectivity index is 1.71. The number of ether oxygens (including phenoxy) is 1. The number of aryl methyl sites for hydroxylation is 1. The highest BCUT2D eigenvalue weighted by Crippen LogP contribution is 2.20. The molecule has 2 heterocycles. The largest absolute Gasteiger partial charge is 0.372 e. The molecule has 0 aliphatic carbocycles. The minimum atomic E-state index is -0.0694. The Morgan fingerprint density at radius 3 is 2.68 bits per heavy atom. The van der Waals surface area contributed by atoms with Crippen molar-refractivity contribution in [3.05, 3.63) is 59.4 Å². The molecule has 1 saturated heterocycles. The number of aromatic nitrogens is 1. The van der Waals surface area contributed by atoms with Crippen LogP contribution in [0.1, 0.15) is 30.7 Å². The normalized spacial score (nSPS) is 20.4. The summed E-state index contributed by atoms with van der Waals surface area (Å²) in [6, 6.07) is 12.0. The molecule has 5 nitrogen and oxygen atoms in total. The molecular formula is C20H25N3O2. The van der Waals surface area contributed by atoms with Crippen LogP contribution in [-0.4, -0.2) is 41.2 Å². The molecule has 1 aliphatic heterocycles. The summed E-state index contributed by atoms with van der Waals surface area (Å²) >= 11 is 0. The molecule has 3 rings (SSSR count). The minimum Gasteiger partial charge on any atom is -0.372 e. The van der Waals surface area contributed by atoms with E-state index in [1.54, 1.807) is 6.20 Å². The van der Waals surface area contributed by atoms with Crippen molar-refractivity contribution in [3.63, 3.8) is 0 Å². The van der Waals surface area contributed by atoms with Crippen LogP contribution in [-0.2, 0) is 11.2 Å². The molecule has 132 valence electrons. The lowest BCUT2D eigenvalue weighted by Crippen LogP contribution is -2.49. The number of amides is 2. The molecule has 0 bridgehead atoms. The molecule has 0 radical (unpaired) electrons. The van der Waals surface area contributed by atoms with E-state index >= 15 is 0 Å². The van der Waals surface area contributed by atoms with Crippen LogP contribution in [0, 0.1) is 6.92 Å². The monoisotopic (exact) mass is 339 g/mol. The van der Waals surface area contributed by atoms with Crippen LogP contribution in [0.25, 0.3) is 0 Å². The van der Waals surface area contributed by atoms with E-state index in [4.69, 9.17) is 4.74 Å². The van der Waals surface area contributed by atoms with Gasteiger partial charge in [0, 0.05) is 37.1 Å². The lowest BCUT2D eigenvalue weighted by atomic mass is 10.1. The summed E-state index contributed by atoms with van der Waals surface area (Å²) in [7, 11) is 0. The number of urea groups is 1. The second-order valence-corrected chi connectivity index (χ2v) is 6.74. The predicted octanol–water partition coefficient (Wildman–Crippen LogP) is 3.62. The van der Waals surface area contributed by atoms with Gasteiger partial charge in [0.25, 0.3) is 0 Å². The van der Waals surface area contributed by atoms with Crippen LogP contribution < -0.4 is 5.32 Å². The molecule has 1 aromatic heterocycles. The minimum absolute atomic E-state index is 0.0612. The number of carbonyl (C=O) groups is 1.